The Hall–Kier alpha value is -0.890. The van der Waals surface area contributed by atoms with Crippen molar-refractivity contribution in [2.45, 2.75) is 32.7 Å². The summed E-state index contributed by atoms with van der Waals surface area (Å²) in [7, 11) is 0. The van der Waals surface area contributed by atoms with Crippen molar-refractivity contribution in [2.75, 3.05) is 11.9 Å². The van der Waals surface area contributed by atoms with E-state index in [-0.39, 0.29) is 0 Å². The zero-order valence-corrected chi connectivity index (χ0v) is 10.6. The number of nitrogens with one attached hydrogen (secondary N) is 1. The molecule has 1 aliphatic rings. The molecule has 88 valence electrons. The summed E-state index contributed by atoms with van der Waals surface area (Å²) >= 11 is 5.96. The van der Waals surface area contributed by atoms with Gasteiger partial charge in [0.1, 0.15) is 5.75 Å². The van der Waals surface area contributed by atoms with Crippen molar-refractivity contribution in [3.63, 3.8) is 0 Å². The Morgan fingerprint density at radius 2 is 2.25 bits per heavy atom. The summed E-state index contributed by atoms with van der Waals surface area (Å²) in [6.45, 7) is 4.86. The van der Waals surface area contributed by atoms with Gasteiger partial charge in [0.2, 0.25) is 0 Å². The third-order valence-corrected chi connectivity index (χ3v) is 3.19. The first-order valence-electron chi connectivity index (χ1n) is 5.89. The molecule has 1 saturated carbocycles. The fourth-order valence-corrected chi connectivity index (χ4v) is 2.01. The maximum absolute atomic E-state index is 5.96. The molecule has 0 spiro atoms. The first-order chi connectivity index (χ1) is 7.70. The highest BCUT2D eigenvalue weighted by Crippen LogP contribution is 2.36. The molecule has 0 aromatic heterocycles. The van der Waals surface area contributed by atoms with Gasteiger partial charge >= 0.3 is 0 Å². The first-order valence-corrected chi connectivity index (χ1v) is 6.27. The highest BCUT2D eigenvalue weighted by atomic mass is 35.5. The molecule has 0 saturated heterocycles. The van der Waals surface area contributed by atoms with Crippen molar-refractivity contribution < 1.29 is 4.74 Å². The molecular weight excluding hydrogens is 222 g/mol. The molecule has 2 nitrogen and oxygen atoms in total. The molecule has 0 amide bonds. The summed E-state index contributed by atoms with van der Waals surface area (Å²) in [5.74, 6) is 1.67. The van der Waals surface area contributed by atoms with E-state index in [0.29, 0.717) is 17.7 Å². The SMILES string of the molecule is CCOc1cc(Cl)ccc1NC(C)C1CC1. The van der Waals surface area contributed by atoms with Crippen molar-refractivity contribution in [3.05, 3.63) is 23.2 Å². The quantitative estimate of drug-likeness (QED) is 0.840. The molecule has 1 atom stereocenters. The molecule has 1 aliphatic carbocycles. The van der Waals surface area contributed by atoms with Gasteiger partial charge in [-0.3, -0.25) is 0 Å². The van der Waals surface area contributed by atoms with Gasteiger partial charge < -0.3 is 10.1 Å². The van der Waals surface area contributed by atoms with Gasteiger partial charge in [-0.15, -0.1) is 0 Å². The molecule has 1 fully saturated rings. The summed E-state index contributed by atoms with van der Waals surface area (Å²) in [5, 5.41) is 4.22. The number of hydrogen-bond donors (Lipinski definition) is 1. The van der Waals surface area contributed by atoms with Crippen LogP contribution in [-0.2, 0) is 0 Å². The van der Waals surface area contributed by atoms with Gasteiger partial charge in [-0.2, -0.15) is 0 Å². The topological polar surface area (TPSA) is 21.3 Å². The fourth-order valence-electron chi connectivity index (χ4n) is 1.85. The second-order valence-corrected chi connectivity index (χ2v) is 4.78. The minimum absolute atomic E-state index is 0.514. The molecule has 3 heteroatoms. The lowest BCUT2D eigenvalue weighted by atomic mass is 10.2. The van der Waals surface area contributed by atoms with E-state index in [1.54, 1.807) is 0 Å². The molecule has 0 radical (unpaired) electrons. The molecule has 2 rings (SSSR count). The number of hydrogen-bond acceptors (Lipinski definition) is 2. The van der Waals surface area contributed by atoms with E-state index >= 15 is 0 Å². The molecular formula is C13H18ClNO. The Morgan fingerprint density at radius 1 is 1.50 bits per heavy atom. The average molecular weight is 240 g/mol. The minimum atomic E-state index is 0.514. The smallest absolute Gasteiger partial charge is 0.143 e. The van der Waals surface area contributed by atoms with Crippen LogP contribution in [0.15, 0.2) is 18.2 Å². The highest BCUT2D eigenvalue weighted by molar-refractivity contribution is 6.30. The van der Waals surface area contributed by atoms with E-state index in [2.05, 4.69) is 12.2 Å². The number of rotatable bonds is 5. The van der Waals surface area contributed by atoms with Gasteiger partial charge in [0.15, 0.2) is 0 Å². The van der Waals surface area contributed by atoms with Crippen LogP contribution in [0, 0.1) is 5.92 Å². The Labute approximate surface area is 102 Å². The van der Waals surface area contributed by atoms with Gasteiger partial charge in [0, 0.05) is 17.1 Å². The average Bonchev–Trinajstić information content (AvgIpc) is 3.06. The predicted molar refractivity (Wildman–Crippen MR) is 68.4 cm³/mol. The normalized spacial score (nSPS) is 16.9. The summed E-state index contributed by atoms with van der Waals surface area (Å²) in [4.78, 5) is 0. The predicted octanol–water partition coefficient (Wildman–Crippen LogP) is 3.95. The summed E-state index contributed by atoms with van der Waals surface area (Å²) in [6, 6.07) is 6.27. The molecule has 0 heterocycles. The Morgan fingerprint density at radius 3 is 2.88 bits per heavy atom. The number of anilines is 1. The fraction of sp³-hybridized carbons (Fsp3) is 0.538. The Kier molecular flexibility index (Phi) is 3.59. The van der Waals surface area contributed by atoms with Gasteiger partial charge in [0.25, 0.3) is 0 Å². The van der Waals surface area contributed by atoms with Crippen molar-refractivity contribution in [2.24, 2.45) is 5.92 Å². The van der Waals surface area contributed by atoms with Crippen LogP contribution in [0.1, 0.15) is 26.7 Å². The van der Waals surface area contributed by atoms with Crippen LogP contribution >= 0.6 is 11.6 Å². The molecule has 16 heavy (non-hydrogen) atoms. The van der Waals surface area contributed by atoms with E-state index in [9.17, 15) is 0 Å². The van der Waals surface area contributed by atoms with Gasteiger partial charge in [0.05, 0.1) is 12.3 Å². The second kappa shape index (κ2) is 4.96. The zero-order valence-electron chi connectivity index (χ0n) is 9.79. The van der Waals surface area contributed by atoms with Crippen LogP contribution in [-0.4, -0.2) is 12.6 Å². The van der Waals surface area contributed by atoms with Gasteiger partial charge in [-0.1, -0.05) is 11.6 Å². The van der Waals surface area contributed by atoms with E-state index < -0.39 is 0 Å². The largest absolute Gasteiger partial charge is 0.492 e. The van der Waals surface area contributed by atoms with E-state index in [1.807, 2.05) is 25.1 Å². The molecule has 1 aromatic rings. The van der Waals surface area contributed by atoms with Crippen LogP contribution in [0.2, 0.25) is 5.02 Å². The van der Waals surface area contributed by atoms with E-state index in [0.717, 1.165) is 17.4 Å². The minimum Gasteiger partial charge on any atom is -0.492 e. The summed E-state index contributed by atoms with van der Waals surface area (Å²) in [5.41, 5.74) is 1.05. The van der Waals surface area contributed by atoms with Crippen LogP contribution < -0.4 is 10.1 Å². The van der Waals surface area contributed by atoms with Crippen molar-refractivity contribution in [3.8, 4) is 5.75 Å². The zero-order chi connectivity index (χ0) is 11.5. The van der Waals surface area contributed by atoms with Crippen molar-refractivity contribution in [1.29, 1.82) is 0 Å². The molecule has 0 aliphatic heterocycles. The van der Waals surface area contributed by atoms with Crippen LogP contribution in [0.3, 0.4) is 0 Å². The van der Waals surface area contributed by atoms with E-state index in [4.69, 9.17) is 16.3 Å². The molecule has 1 unspecified atom stereocenters. The lowest BCUT2D eigenvalue weighted by molar-refractivity contribution is 0.341. The standard InChI is InChI=1S/C13H18ClNO/c1-3-16-13-8-11(14)6-7-12(13)15-9(2)10-4-5-10/h6-10,15H,3-5H2,1-2H3. The van der Waals surface area contributed by atoms with Gasteiger partial charge in [-0.05, 0) is 44.7 Å². The van der Waals surface area contributed by atoms with Crippen LogP contribution in [0.4, 0.5) is 5.69 Å². The molecule has 0 bridgehead atoms. The number of benzene rings is 1. The summed E-state index contributed by atoms with van der Waals surface area (Å²) < 4.78 is 5.57. The van der Waals surface area contributed by atoms with Gasteiger partial charge in [-0.25, -0.2) is 0 Å². The van der Waals surface area contributed by atoms with Crippen LogP contribution in [0.25, 0.3) is 0 Å². The Bertz CT molecular complexity index is 363. The Balaban J connectivity index is 2.11. The first kappa shape index (κ1) is 11.6. The van der Waals surface area contributed by atoms with Crippen molar-refractivity contribution in [1.82, 2.24) is 0 Å². The van der Waals surface area contributed by atoms with Crippen LogP contribution in [0.5, 0.6) is 5.75 Å². The maximum atomic E-state index is 5.96. The van der Waals surface area contributed by atoms with Crippen molar-refractivity contribution >= 4 is 17.3 Å². The summed E-state index contributed by atoms with van der Waals surface area (Å²) in [6.07, 6.45) is 2.68. The number of ether oxygens (including phenoxy) is 1. The van der Waals surface area contributed by atoms with E-state index in [1.165, 1.54) is 12.8 Å². The molecule has 1 aromatic carbocycles. The maximum Gasteiger partial charge on any atom is 0.143 e. The third-order valence-electron chi connectivity index (χ3n) is 2.96. The molecule has 1 N–H and O–H groups in total. The second-order valence-electron chi connectivity index (χ2n) is 4.34. The lowest BCUT2D eigenvalue weighted by Crippen LogP contribution is -2.17. The number of halogens is 1. The third kappa shape index (κ3) is 2.82. The highest BCUT2D eigenvalue weighted by Gasteiger charge is 2.28. The monoisotopic (exact) mass is 239 g/mol. The lowest BCUT2D eigenvalue weighted by Gasteiger charge is -2.17.